The van der Waals surface area contributed by atoms with Crippen LogP contribution in [0.2, 0.25) is 0 Å². The van der Waals surface area contributed by atoms with Crippen molar-refractivity contribution in [2.24, 2.45) is 11.1 Å². The van der Waals surface area contributed by atoms with Gasteiger partial charge >= 0.3 is 4.87 Å². The molecule has 10 heteroatoms. The fourth-order valence-electron chi connectivity index (χ4n) is 3.29. The number of nitrogens with two attached hydrogens (primary N) is 1. The normalized spacial score (nSPS) is 21.8. The summed E-state index contributed by atoms with van der Waals surface area (Å²) in [6.45, 7) is 5.88. The predicted molar refractivity (Wildman–Crippen MR) is 103 cm³/mol. The Kier molecular flexibility index (Phi) is 4.80. The Balaban J connectivity index is 1.86. The molecule has 140 valence electrons. The minimum atomic E-state index is -3.77. The number of anilines is 1. The molecular formula is C16H19N3O4S3. The Morgan fingerprint density at radius 2 is 1.88 bits per heavy atom. The smallest absolute Gasteiger partial charge is 0.305 e. The molecule has 0 fully saturated rings. The Morgan fingerprint density at radius 1 is 1.27 bits per heavy atom. The molecule has 1 aliphatic heterocycles. The van der Waals surface area contributed by atoms with Crippen molar-refractivity contribution in [2.75, 3.05) is 5.32 Å². The van der Waals surface area contributed by atoms with E-state index in [1.165, 1.54) is 36.0 Å². The molecule has 1 amide bonds. The lowest BCUT2D eigenvalue weighted by molar-refractivity contribution is -0.121. The largest absolute Gasteiger partial charge is 0.326 e. The van der Waals surface area contributed by atoms with Gasteiger partial charge in [-0.2, -0.15) is 0 Å². The van der Waals surface area contributed by atoms with Crippen molar-refractivity contribution in [3.63, 3.8) is 0 Å². The second kappa shape index (κ2) is 6.52. The van der Waals surface area contributed by atoms with Crippen molar-refractivity contribution >= 4 is 44.7 Å². The fraction of sp³-hybridized carbons (Fsp3) is 0.375. The lowest BCUT2D eigenvalue weighted by Crippen LogP contribution is -2.45. The summed E-state index contributed by atoms with van der Waals surface area (Å²) in [6, 6.07) is 5.72. The number of thioether (sulfide) groups is 1. The number of fused-ring (bicyclic) bond motifs is 1. The monoisotopic (exact) mass is 413 g/mol. The van der Waals surface area contributed by atoms with Crippen LogP contribution in [0, 0.1) is 5.92 Å². The van der Waals surface area contributed by atoms with E-state index in [0.29, 0.717) is 5.69 Å². The standard InChI is InChI=1S/C16H19N3O4S3/c1-8-11(16(2,3)12-14(24-8)19-15(21)25-12)13(20)18-9-4-6-10(7-5-9)26(17,22)23/h4-8,11H,1-3H3,(H,18,20)(H,19,21)(H2,17,22,23). The van der Waals surface area contributed by atoms with E-state index in [0.717, 1.165) is 21.2 Å². The maximum Gasteiger partial charge on any atom is 0.305 e. The molecule has 2 atom stereocenters. The van der Waals surface area contributed by atoms with Crippen molar-refractivity contribution in [2.45, 2.75) is 41.4 Å². The van der Waals surface area contributed by atoms with E-state index in [1.807, 2.05) is 20.8 Å². The van der Waals surface area contributed by atoms with Gasteiger partial charge in [-0.05, 0) is 24.3 Å². The number of nitrogens with one attached hydrogen (secondary N) is 2. The van der Waals surface area contributed by atoms with Gasteiger partial charge in [0, 0.05) is 21.2 Å². The minimum absolute atomic E-state index is 0.0147. The molecule has 0 radical (unpaired) electrons. The second-order valence-corrected chi connectivity index (χ2v) is 10.7. The van der Waals surface area contributed by atoms with Gasteiger partial charge in [0.25, 0.3) is 0 Å². The molecule has 2 heterocycles. The molecule has 2 unspecified atom stereocenters. The van der Waals surface area contributed by atoms with Crippen LogP contribution in [0.15, 0.2) is 39.0 Å². The van der Waals surface area contributed by atoms with Gasteiger partial charge in [-0.25, -0.2) is 13.6 Å². The molecule has 0 bridgehead atoms. The van der Waals surface area contributed by atoms with Gasteiger partial charge in [0.15, 0.2) is 0 Å². The van der Waals surface area contributed by atoms with E-state index in [4.69, 9.17) is 5.14 Å². The van der Waals surface area contributed by atoms with Crippen molar-refractivity contribution in [3.05, 3.63) is 38.8 Å². The van der Waals surface area contributed by atoms with Crippen LogP contribution in [0.3, 0.4) is 0 Å². The number of sulfonamides is 1. The first-order chi connectivity index (χ1) is 12.0. The van der Waals surface area contributed by atoms with Gasteiger partial charge in [0.2, 0.25) is 15.9 Å². The summed E-state index contributed by atoms with van der Waals surface area (Å²) in [7, 11) is -3.77. The molecular weight excluding hydrogens is 394 g/mol. The lowest BCUT2D eigenvalue weighted by atomic mass is 9.75. The molecule has 3 rings (SSSR count). The maximum atomic E-state index is 12.9. The Labute approximate surface area is 159 Å². The minimum Gasteiger partial charge on any atom is -0.326 e. The number of carbonyl (C=O) groups is 1. The molecule has 1 aromatic carbocycles. The number of aromatic nitrogens is 1. The van der Waals surface area contributed by atoms with E-state index >= 15 is 0 Å². The number of amides is 1. The third-order valence-corrected chi connectivity index (χ3v) is 7.95. The highest BCUT2D eigenvalue weighted by atomic mass is 32.2. The number of thiazole rings is 1. The van der Waals surface area contributed by atoms with Gasteiger partial charge in [-0.15, -0.1) is 11.8 Å². The van der Waals surface area contributed by atoms with E-state index in [2.05, 4.69) is 10.3 Å². The number of hydrogen-bond donors (Lipinski definition) is 3. The molecule has 0 aliphatic carbocycles. The number of primary sulfonamides is 1. The number of rotatable bonds is 3. The van der Waals surface area contributed by atoms with Gasteiger partial charge < -0.3 is 10.3 Å². The molecule has 1 aromatic heterocycles. The van der Waals surface area contributed by atoms with Crippen LogP contribution in [-0.4, -0.2) is 24.6 Å². The highest BCUT2D eigenvalue weighted by Gasteiger charge is 2.47. The average molecular weight is 414 g/mol. The third kappa shape index (κ3) is 3.46. The van der Waals surface area contributed by atoms with Crippen molar-refractivity contribution in [3.8, 4) is 0 Å². The second-order valence-electron chi connectivity index (χ2n) is 6.75. The first-order valence-electron chi connectivity index (χ1n) is 7.84. The summed E-state index contributed by atoms with van der Waals surface area (Å²) < 4.78 is 22.6. The predicted octanol–water partition coefficient (Wildman–Crippen LogP) is 2.11. The van der Waals surface area contributed by atoms with E-state index in [9.17, 15) is 18.0 Å². The van der Waals surface area contributed by atoms with E-state index in [-0.39, 0.29) is 26.8 Å². The zero-order valence-electron chi connectivity index (χ0n) is 14.4. The van der Waals surface area contributed by atoms with Crippen LogP contribution in [0.4, 0.5) is 5.69 Å². The first kappa shape index (κ1) is 19.2. The molecule has 0 saturated heterocycles. The van der Waals surface area contributed by atoms with E-state index < -0.39 is 15.4 Å². The summed E-state index contributed by atoms with van der Waals surface area (Å²) in [6.07, 6.45) is 0. The van der Waals surface area contributed by atoms with Crippen LogP contribution in [0.1, 0.15) is 25.6 Å². The summed E-state index contributed by atoms with van der Waals surface area (Å²) in [5.41, 5.74) is -0.0162. The summed E-state index contributed by atoms with van der Waals surface area (Å²) in [5, 5.41) is 8.72. The van der Waals surface area contributed by atoms with Crippen LogP contribution in [0.25, 0.3) is 0 Å². The summed E-state index contributed by atoms with van der Waals surface area (Å²) in [4.78, 5) is 28.2. The molecule has 1 aliphatic rings. The van der Waals surface area contributed by atoms with Gasteiger partial charge in [0.1, 0.15) is 0 Å². The molecule has 2 aromatic rings. The Hall–Kier alpha value is -1.62. The van der Waals surface area contributed by atoms with Gasteiger partial charge in [-0.3, -0.25) is 9.59 Å². The van der Waals surface area contributed by atoms with Crippen LogP contribution in [-0.2, 0) is 20.2 Å². The third-order valence-electron chi connectivity index (χ3n) is 4.49. The van der Waals surface area contributed by atoms with Crippen molar-refractivity contribution < 1.29 is 13.2 Å². The van der Waals surface area contributed by atoms with Gasteiger partial charge in [0.05, 0.1) is 15.8 Å². The molecule has 26 heavy (non-hydrogen) atoms. The molecule has 0 spiro atoms. The zero-order chi connectivity index (χ0) is 19.3. The number of benzene rings is 1. The number of aromatic amines is 1. The molecule has 0 saturated carbocycles. The molecule has 7 nitrogen and oxygen atoms in total. The van der Waals surface area contributed by atoms with Crippen LogP contribution >= 0.6 is 23.1 Å². The topological polar surface area (TPSA) is 122 Å². The number of H-pyrrole nitrogens is 1. The van der Waals surface area contributed by atoms with E-state index in [1.54, 1.807) is 0 Å². The van der Waals surface area contributed by atoms with Crippen molar-refractivity contribution in [1.29, 1.82) is 0 Å². The lowest BCUT2D eigenvalue weighted by Gasteiger charge is -2.40. The van der Waals surface area contributed by atoms with Gasteiger partial charge in [-0.1, -0.05) is 32.1 Å². The average Bonchev–Trinajstić information content (AvgIpc) is 2.87. The highest BCUT2D eigenvalue weighted by molar-refractivity contribution is 8.00. The Bertz CT molecular complexity index is 1010. The SMILES string of the molecule is CC1Sc2[nH]c(=O)sc2C(C)(C)C1C(=O)Nc1ccc(S(N)(=O)=O)cc1. The highest BCUT2D eigenvalue weighted by Crippen LogP contribution is 2.49. The maximum absolute atomic E-state index is 12.9. The zero-order valence-corrected chi connectivity index (χ0v) is 16.8. The quantitative estimate of drug-likeness (QED) is 0.711. The summed E-state index contributed by atoms with van der Waals surface area (Å²) >= 11 is 2.62. The number of hydrogen-bond acceptors (Lipinski definition) is 6. The number of carbonyl (C=O) groups excluding carboxylic acids is 1. The fourth-order valence-corrected chi connectivity index (χ4v) is 6.51. The Morgan fingerprint density at radius 3 is 2.46 bits per heavy atom. The first-order valence-corrected chi connectivity index (χ1v) is 11.1. The van der Waals surface area contributed by atoms with Crippen LogP contribution < -0.4 is 15.3 Å². The molecule has 4 N–H and O–H groups in total. The van der Waals surface area contributed by atoms with Crippen LogP contribution in [0.5, 0.6) is 0 Å². The van der Waals surface area contributed by atoms with Crippen molar-refractivity contribution in [1.82, 2.24) is 4.98 Å². The summed E-state index contributed by atoms with van der Waals surface area (Å²) in [5.74, 6) is -0.533.